The summed E-state index contributed by atoms with van der Waals surface area (Å²) in [6.45, 7) is 0. The number of hydrogen-bond donors (Lipinski definition) is 0. The molecule has 0 saturated heterocycles. The fraction of sp³-hybridized carbons (Fsp3) is 0.900. The molecular formula is C10H14O. The highest BCUT2D eigenvalue weighted by atomic mass is 16.1. The van der Waals surface area contributed by atoms with Crippen LogP contribution >= 0.6 is 0 Å². The monoisotopic (exact) mass is 150 g/mol. The number of Topliss-reactive ketones (excluding diaryl/α,β-unsaturated/α-hetero) is 1. The van der Waals surface area contributed by atoms with Crippen LogP contribution in [0.4, 0.5) is 0 Å². The molecule has 60 valence electrons. The molecule has 1 heteroatoms. The predicted octanol–water partition coefficient (Wildman–Crippen LogP) is 2.01. The average molecular weight is 150 g/mol. The molecule has 0 radical (unpaired) electrons. The van der Waals surface area contributed by atoms with E-state index >= 15 is 0 Å². The van der Waals surface area contributed by atoms with Gasteiger partial charge in [-0.3, -0.25) is 4.79 Å². The molecule has 0 aliphatic heterocycles. The second-order valence-corrected chi connectivity index (χ2v) is 4.53. The van der Waals surface area contributed by atoms with Crippen molar-refractivity contribution in [3.05, 3.63) is 0 Å². The van der Waals surface area contributed by atoms with Gasteiger partial charge in [-0.2, -0.15) is 0 Å². The molecule has 0 N–H and O–H groups in total. The van der Waals surface area contributed by atoms with Crippen LogP contribution in [0.15, 0.2) is 0 Å². The summed E-state index contributed by atoms with van der Waals surface area (Å²) in [6.07, 6.45) is 6.31. The maximum atomic E-state index is 11.4. The molecule has 0 aromatic rings. The van der Waals surface area contributed by atoms with Crippen LogP contribution in [-0.4, -0.2) is 5.78 Å². The minimum absolute atomic E-state index is 0.521. The summed E-state index contributed by atoms with van der Waals surface area (Å²) >= 11 is 0. The summed E-state index contributed by atoms with van der Waals surface area (Å²) in [5.41, 5.74) is 0. The second kappa shape index (κ2) is 1.88. The third-order valence-corrected chi connectivity index (χ3v) is 4.19. The molecular weight excluding hydrogens is 136 g/mol. The molecule has 3 fully saturated rings. The Morgan fingerprint density at radius 3 is 2.64 bits per heavy atom. The molecule has 1 nitrogen and oxygen atoms in total. The van der Waals surface area contributed by atoms with Gasteiger partial charge in [-0.15, -0.1) is 0 Å². The fourth-order valence-electron chi connectivity index (χ4n) is 3.80. The van der Waals surface area contributed by atoms with Crippen molar-refractivity contribution in [3.8, 4) is 0 Å². The van der Waals surface area contributed by atoms with E-state index in [0.717, 1.165) is 24.2 Å². The minimum Gasteiger partial charge on any atom is -0.299 e. The van der Waals surface area contributed by atoms with Crippen LogP contribution in [0.25, 0.3) is 0 Å². The van der Waals surface area contributed by atoms with Crippen molar-refractivity contribution in [2.24, 2.45) is 23.7 Å². The summed E-state index contributed by atoms with van der Waals surface area (Å²) < 4.78 is 0. The molecule has 11 heavy (non-hydrogen) atoms. The molecule has 0 spiro atoms. The summed E-state index contributed by atoms with van der Waals surface area (Å²) in [4.78, 5) is 11.4. The molecule has 3 aliphatic carbocycles. The molecule has 0 aromatic carbocycles. The third kappa shape index (κ3) is 0.646. The molecule has 0 amide bonds. The highest BCUT2D eigenvalue weighted by molar-refractivity contribution is 5.84. The third-order valence-electron chi connectivity index (χ3n) is 4.19. The molecule has 3 saturated carbocycles. The van der Waals surface area contributed by atoms with E-state index in [2.05, 4.69) is 0 Å². The van der Waals surface area contributed by atoms with Crippen molar-refractivity contribution in [2.45, 2.75) is 32.1 Å². The van der Waals surface area contributed by atoms with Gasteiger partial charge in [0.25, 0.3) is 0 Å². The van der Waals surface area contributed by atoms with Crippen molar-refractivity contribution in [1.82, 2.24) is 0 Å². The van der Waals surface area contributed by atoms with Gasteiger partial charge in [0, 0.05) is 12.3 Å². The lowest BCUT2D eigenvalue weighted by atomic mass is 9.92. The Labute approximate surface area is 67.2 Å². The Hall–Kier alpha value is -0.330. The van der Waals surface area contributed by atoms with Crippen molar-refractivity contribution in [2.75, 3.05) is 0 Å². The number of ketones is 1. The summed E-state index contributed by atoms with van der Waals surface area (Å²) in [5, 5.41) is 0. The van der Waals surface area contributed by atoms with Gasteiger partial charge in [-0.25, -0.2) is 0 Å². The predicted molar refractivity (Wildman–Crippen MR) is 42.1 cm³/mol. The largest absolute Gasteiger partial charge is 0.299 e. The van der Waals surface area contributed by atoms with E-state index in [4.69, 9.17) is 0 Å². The maximum absolute atomic E-state index is 11.4. The fourth-order valence-corrected chi connectivity index (χ4v) is 3.80. The smallest absolute Gasteiger partial charge is 0.136 e. The first kappa shape index (κ1) is 6.22. The lowest BCUT2D eigenvalue weighted by molar-refractivity contribution is -0.121. The van der Waals surface area contributed by atoms with Crippen molar-refractivity contribution in [3.63, 3.8) is 0 Å². The van der Waals surface area contributed by atoms with Gasteiger partial charge in [-0.05, 0) is 43.4 Å². The van der Waals surface area contributed by atoms with E-state index in [0.29, 0.717) is 11.7 Å². The summed E-state index contributed by atoms with van der Waals surface area (Å²) in [7, 11) is 0. The Morgan fingerprint density at radius 2 is 1.73 bits per heavy atom. The average Bonchev–Trinajstić information content (AvgIpc) is 2.53. The van der Waals surface area contributed by atoms with E-state index in [1.54, 1.807) is 0 Å². The van der Waals surface area contributed by atoms with Crippen LogP contribution in [-0.2, 0) is 4.79 Å². The Balaban J connectivity index is 1.99. The quantitative estimate of drug-likeness (QED) is 0.516. The number of carbonyl (C=O) groups excluding carboxylic acids is 1. The standard InChI is InChI=1S/C10H14O/c11-9-5-7-2-1-6-3-4-8(9)10(6)7/h6-8,10H,1-5H2/t6-,7+,8-,10+/m0/s1. The van der Waals surface area contributed by atoms with Crippen LogP contribution in [0.1, 0.15) is 32.1 Å². The van der Waals surface area contributed by atoms with Crippen LogP contribution in [0, 0.1) is 23.7 Å². The first-order valence-electron chi connectivity index (χ1n) is 4.89. The maximum Gasteiger partial charge on any atom is 0.136 e. The first-order chi connectivity index (χ1) is 5.36. The number of rotatable bonds is 0. The van der Waals surface area contributed by atoms with Crippen LogP contribution in [0.5, 0.6) is 0 Å². The molecule has 4 atom stereocenters. The van der Waals surface area contributed by atoms with Crippen LogP contribution in [0.3, 0.4) is 0 Å². The highest BCUT2D eigenvalue weighted by Crippen LogP contribution is 2.56. The Kier molecular flexibility index (Phi) is 1.06. The van der Waals surface area contributed by atoms with E-state index in [1.807, 2.05) is 0 Å². The highest BCUT2D eigenvalue weighted by Gasteiger charge is 2.52. The molecule has 0 aromatic heterocycles. The van der Waals surface area contributed by atoms with E-state index < -0.39 is 0 Å². The van der Waals surface area contributed by atoms with Gasteiger partial charge in [0.1, 0.15) is 5.78 Å². The normalized spacial score (nSPS) is 53.6. The molecule has 3 rings (SSSR count). The van der Waals surface area contributed by atoms with Gasteiger partial charge in [0.15, 0.2) is 0 Å². The number of carbonyl (C=O) groups is 1. The van der Waals surface area contributed by atoms with Gasteiger partial charge in [0.2, 0.25) is 0 Å². The van der Waals surface area contributed by atoms with Gasteiger partial charge < -0.3 is 0 Å². The second-order valence-electron chi connectivity index (χ2n) is 4.53. The molecule has 0 bridgehead atoms. The van der Waals surface area contributed by atoms with Crippen molar-refractivity contribution in [1.29, 1.82) is 0 Å². The van der Waals surface area contributed by atoms with Gasteiger partial charge >= 0.3 is 0 Å². The molecule has 0 unspecified atom stereocenters. The van der Waals surface area contributed by atoms with Gasteiger partial charge in [0.05, 0.1) is 0 Å². The van der Waals surface area contributed by atoms with E-state index in [1.165, 1.54) is 25.7 Å². The zero-order valence-corrected chi connectivity index (χ0v) is 6.75. The Morgan fingerprint density at radius 1 is 1.00 bits per heavy atom. The summed E-state index contributed by atoms with van der Waals surface area (Å²) in [6, 6.07) is 0. The Bertz CT molecular complexity index is 209. The van der Waals surface area contributed by atoms with E-state index in [9.17, 15) is 4.79 Å². The summed E-state index contributed by atoms with van der Waals surface area (Å²) in [5.74, 6) is 3.74. The van der Waals surface area contributed by atoms with Gasteiger partial charge in [-0.1, -0.05) is 0 Å². The zero-order valence-electron chi connectivity index (χ0n) is 6.75. The SMILES string of the molecule is O=C1C[C@H]2CC[C@H]3CC[C@@H]1[C@H]32. The number of hydrogen-bond acceptors (Lipinski definition) is 1. The first-order valence-corrected chi connectivity index (χ1v) is 4.89. The van der Waals surface area contributed by atoms with E-state index in [-0.39, 0.29) is 0 Å². The van der Waals surface area contributed by atoms with Crippen molar-refractivity contribution < 1.29 is 4.79 Å². The molecule has 0 heterocycles. The van der Waals surface area contributed by atoms with Crippen molar-refractivity contribution >= 4 is 5.78 Å². The zero-order chi connectivity index (χ0) is 7.42. The topological polar surface area (TPSA) is 17.1 Å². The van der Waals surface area contributed by atoms with Crippen LogP contribution in [0.2, 0.25) is 0 Å². The lowest BCUT2D eigenvalue weighted by Gasteiger charge is -2.11. The molecule has 3 aliphatic rings. The minimum atomic E-state index is 0.521. The van der Waals surface area contributed by atoms with Crippen LogP contribution < -0.4 is 0 Å². The lowest BCUT2D eigenvalue weighted by Crippen LogP contribution is -2.11.